The molecule has 0 radical (unpaired) electrons. The molecule has 2 saturated heterocycles. The van der Waals surface area contributed by atoms with Crippen molar-refractivity contribution in [2.24, 2.45) is 11.8 Å². The van der Waals surface area contributed by atoms with Crippen LogP contribution in [-0.4, -0.2) is 78.3 Å². The van der Waals surface area contributed by atoms with Gasteiger partial charge in [-0.2, -0.15) is 0 Å². The number of halogens is 3. The standard InChI is InChI=1S/C38H44F3N7O3/c1-23-22-51-37-34-30(12-31(39)35(37)47-17-25-13-38(40,41)14-26(25)18-47)36(49)27(20-48(23)34)19-46(16-24-8-9-43-33(11-24)50-3)29-5-4-10-45(21-29)28-6-7-32(42-2)44-15-28/h6-9,11-12,15,20,23,25-26,29H,4-5,10,13-14,16-19,21-22H2,1-3H3,(H,42,44). The Labute approximate surface area is 295 Å². The SMILES string of the molecule is CNc1ccc(N2CCCC(N(Cc3ccnc(OC)c3)Cc3cn4c5c(c(N6CC7CC(F)(F)CC7C6)c(F)cc5c3=O)OCC4C)C2)cn1. The summed E-state index contributed by atoms with van der Waals surface area (Å²) < 4.78 is 58.1. The molecule has 51 heavy (non-hydrogen) atoms. The first-order chi connectivity index (χ1) is 24.6. The summed E-state index contributed by atoms with van der Waals surface area (Å²) in [5.41, 5.74) is 3.23. The molecular weight excluding hydrogens is 659 g/mol. The van der Waals surface area contributed by atoms with Gasteiger partial charge in [0.15, 0.2) is 17.0 Å². The molecule has 1 aliphatic carbocycles. The summed E-state index contributed by atoms with van der Waals surface area (Å²) >= 11 is 0. The number of benzene rings is 1. The van der Waals surface area contributed by atoms with Crippen molar-refractivity contribution in [2.75, 3.05) is 62.1 Å². The second-order valence-electron chi connectivity index (χ2n) is 14.7. The number of nitrogens with zero attached hydrogens (tertiary/aromatic N) is 6. The lowest BCUT2D eigenvalue weighted by Gasteiger charge is -2.40. The van der Waals surface area contributed by atoms with Crippen LogP contribution < -0.4 is 30.0 Å². The Kier molecular flexibility index (Phi) is 8.72. The molecular formula is C38H44F3N7O3. The predicted molar refractivity (Wildman–Crippen MR) is 191 cm³/mol. The fourth-order valence-corrected chi connectivity index (χ4v) is 8.75. The van der Waals surface area contributed by atoms with Crippen LogP contribution in [0, 0.1) is 17.7 Å². The fraction of sp³-hybridized carbons (Fsp3) is 0.500. The monoisotopic (exact) mass is 703 g/mol. The molecule has 3 aliphatic heterocycles. The van der Waals surface area contributed by atoms with Crippen molar-refractivity contribution in [3.8, 4) is 11.6 Å². The molecule has 1 saturated carbocycles. The topological polar surface area (TPSA) is 88.0 Å². The highest BCUT2D eigenvalue weighted by atomic mass is 19.3. The summed E-state index contributed by atoms with van der Waals surface area (Å²) in [6, 6.07) is 9.27. The Balaban J connectivity index is 1.15. The number of methoxy groups -OCH3 is 1. The Morgan fingerprint density at radius 2 is 1.88 bits per heavy atom. The van der Waals surface area contributed by atoms with Crippen LogP contribution in [0.15, 0.2) is 53.7 Å². The van der Waals surface area contributed by atoms with E-state index in [2.05, 4.69) is 35.7 Å². The van der Waals surface area contributed by atoms with Crippen molar-refractivity contribution in [3.05, 3.63) is 76.1 Å². The minimum absolute atomic E-state index is 0.106. The molecule has 10 nitrogen and oxygen atoms in total. The van der Waals surface area contributed by atoms with Gasteiger partial charge < -0.3 is 29.2 Å². The second kappa shape index (κ2) is 13.2. The average molecular weight is 704 g/mol. The van der Waals surface area contributed by atoms with E-state index in [4.69, 9.17) is 9.47 Å². The number of nitrogens with one attached hydrogen (secondary N) is 1. The van der Waals surface area contributed by atoms with E-state index in [0.29, 0.717) is 55.5 Å². The first-order valence-electron chi connectivity index (χ1n) is 17.9. The molecule has 8 rings (SSSR count). The van der Waals surface area contributed by atoms with Crippen molar-refractivity contribution in [2.45, 2.75) is 63.7 Å². The first kappa shape index (κ1) is 33.6. The Hall–Kier alpha value is -4.52. The number of aromatic nitrogens is 3. The van der Waals surface area contributed by atoms with Crippen molar-refractivity contribution >= 4 is 28.1 Å². The number of alkyl halides is 2. The molecule has 3 fully saturated rings. The minimum atomic E-state index is -2.66. The summed E-state index contributed by atoms with van der Waals surface area (Å²) in [5.74, 6) is -1.95. The first-order valence-corrected chi connectivity index (χ1v) is 17.9. The third-order valence-corrected chi connectivity index (χ3v) is 11.3. The number of anilines is 3. The molecule has 3 aromatic heterocycles. The molecule has 0 amide bonds. The highest BCUT2D eigenvalue weighted by molar-refractivity contribution is 5.92. The maximum Gasteiger partial charge on any atom is 0.248 e. The van der Waals surface area contributed by atoms with E-state index in [1.165, 1.54) is 6.07 Å². The highest BCUT2D eigenvalue weighted by Gasteiger charge is 2.51. The number of ether oxygens (including phenoxy) is 2. The molecule has 270 valence electrons. The summed E-state index contributed by atoms with van der Waals surface area (Å²) in [5, 5.41) is 3.35. The van der Waals surface area contributed by atoms with Gasteiger partial charge in [-0.15, -0.1) is 0 Å². The molecule has 4 unspecified atom stereocenters. The molecule has 4 aliphatic rings. The predicted octanol–water partition coefficient (Wildman–Crippen LogP) is 6.09. The quantitative estimate of drug-likeness (QED) is 0.223. The van der Waals surface area contributed by atoms with Gasteiger partial charge >= 0.3 is 0 Å². The summed E-state index contributed by atoms with van der Waals surface area (Å²) in [4.78, 5) is 29.7. The molecule has 0 bridgehead atoms. The molecule has 13 heteroatoms. The molecule has 4 aromatic rings. The Morgan fingerprint density at radius 3 is 2.61 bits per heavy atom. The van der Waals surface area contributed by atoms with Crippen LogP contribution >= 0.6 is 0 Å². The highest BCUT2D eigenvalue weighted by Crippen LogP contribution is 2.50. The van der Waals surface area contributed by atoms with E-state index in [1.807, 2.05) is 49.5 Å². The van der Waals surface area contributed by atoms with Crippen molar-refractivity contribution < 1.29 is 22.6 Å². The number of hydrogen-bond donors (Lipinski definition) is 1. The Bertz CT molecular complexity index is 1970. The summed E-state index contributed by atoms with van der Waals surface area (Å²) in [7, 11) is 3.44. The van der Waals surface area contributed by atoms with Gasteiger partial charge in [0.25, 0.3) is 0 Å². The van der Waals surface area contributed by atoms with Crippen LogP contribution in [0.5, 0.6) is 11.6 Å². The molecule has 1 aromatic carbocycles. The summed E-state index contributed by atoms with van der Waals surface area (Å²) in [6.07, 6.45) is 7.10. The number of pyridine rings is 3. The van der Waals surface area contributed by atoms with Gasteiger partial charge in [0.05, 0.1) is 35.9 Å². The van der Waals surface area contributed by atoms with Gasteiger partial charge in [-0.3, -0.25) is 9.69 Å². The zero-order valence-electron chi connectivity index (χ0n) is 29.2. The Morgan fingerprint density at radius 1 is 1.08 bits per heavy atom. The summed E-state index contributed by atoms with van der Waals surface area (Å²) in [6.45, 7) is 5.58. The van der Waals surface area contributed by atoms with Crippen molar-refractivity contribution in [1.82, 2.24) is 19.4 Å². The van der Waals surface area contributed by atoms with Crippen molar-refractivity contribution in [1.29, 1.82) is 0 Å². The largest absolute Gasteiger partial charge is 0.487 e. The van der Waals surface area contributed by atoms with Gasteiger partial charge in [0.1, 0.15) is 18.1 Å². The van der Waals surface area contributed by atoms with Crippen LogP contribution in [0.25, 0.3) is 10.9 Å². The number of hydrogen-bond acceptors (Lipinski definition) is 9. The number of piperidine rings is 1. The minimum Gasteiger partial charge on any atom is -0.487 e. The van der Waals surface area contributed by atoms with E-state index >= 15 is 4.39 Å². The van der Waals surface area contributed by atoms with E-state index in [1.54, 1.807) is 13.3 Å². The van der Waals surface area contributed by atoms with Gasteiger partial charge in [-0.1, -0.05) is 0 Å². The second-order valence-corrected chi connectivity index (χ2v) is 14.7. The van der Waals surface area contributed by atoms with Gasteiger partial charge in [0, 0.05) is 89.2 Å². The van der Waals surface area contributed by atoms with Gasteiger partial charge in [-0.25, -0.2) is 23.1 Å². The smallest absolute Gasteiger partial charge is 0.248 e. The molecule has 0 spiro atoms. The van der Waals surface area contributed by atoms with Crippen LogP contribution in [-0.2, 0) is 13.1 Å². The maximum absolute atomic E-state index is 16.2. The van der Waals surface area contributed by atoms with E-state index in [9.17, 15) is 13.6 Å². The molecule has 4 atom stereocenters. The zero-order chi connectivity index (χ0) is 35.4. The third-order valence-electron chi connectivity index (χ3n) is 11.3. The van der Waals surface area contributed by atoms with E-state index in [0.717, 1.165) is 43.0 Å². The lowest BCUT2D eigenvalue weighted by atomic mass is 10.0. The maximum atomic E-state index is 16.2. The normalized spacial score (nSPS) is 23.8. The molecule has 1 N–H and O–H groups in total. The van der Waals surface area contributed by atoms with Crippen LogP contribution in [0.4, 0.5) is 30.4 Å². The van der Waals surface area contributed by atoms with Gasteiger partial charge in [-0.05, 0) is 61.4 Å². The lowest BCUT2D eigenvalue weighted by molar-refractivity contribution is 0.00172. The number of fused-ring (bicyclic) bond motifs is 1. The van der Waals surface area contributed by atoms with Crippen LogP contribution in [0.1, 0.15) is 49.8 Å². The van der Waals surface area contributed by atoms with Crippen LogP contribution in [0.3, 0.4) is 0 Å². The van der Waals surface area contributed by atoms with Gasteiger partial charge in [0.2, 0.25) is 11.8 Å². The van der Waals surface area contributed by atoms with Crippen molar-refractivity contribution in [3.63, 3.8) is 0 Å². The molecule has 6 heterocycles. The number of rotatable bonds is 9. The average Bonchev–Trinajstić information content (AvgIpc) is 3.64. The third kappa shape index (κ3) is 6.34. The lowest BCUT2D eigenvalue weighted by Crippen LogP contribution is -2.48. The zero-order valence-corrected chi connectivity index (χ0v) is 29.2. The fourth-order valence-electron chi connectivity index (χ4n) is 8.75. The van der Waals surface area contributed by atoms with E-state index < -0.39 is 11.7 Å². The van der Waals surface area contributed by atoms with Crippen LogP contribution in [0.2, 0.25) is 0 Å². The van der Waals surface area contributed by atoms with E-state index in [-0.39, 0.29) is 53.3 Å².